The van der Waals surface area contributed by atoms with Crippen molar-refractivity contribution in [1.29, 1.82) is 0 Å². The molecule has 1 heterocycles. The molecule has 0 spiro atoms. The second-order valence-corrected chi connectivity index (χ2v) is 6.31. The first-order valence-corrected chi connectivity index (χ1v) is 8.38. The molecule has 1 unspecified atom stereocenters. The fraction of sp³-hybridized carbons (Fsp3) is 0.875. The number of carboxylic acid groups (broad SMARTS) is 1. The van der Waals surface area contributed by atoms with Gasteiger partial charge in [0.1, 0.15) is 5.54 Å². The lowest BCUT2D eigenvalue weighted by Gasteiger charge is -2.41. The monoisotopic (exact) mass is 296 g/mol. The lowest BCUT2D eigenvalue weighted by Crippen LogP contribution is -2.58. The first-order chi connectivity index (χ1) is 10.1. The third-order valence-electron chi connectivity index (χ3n) is 5.30. The van der Waals surface area contributed by atoms with Crippen molar-refractivity contribution in [3.63, 3.8) is 0 Å². The molecule has 1 aliphatic heterocycles. The Morgan fingerprint density at radius 2 is 1.86 bits per heavy atom. The molecule has 1 atom stereocenters. The summed E-state index contributed by atoms with van der Waals surface area (Å²) in [5, 5.41) is 9.64. The Morgan fingerprint density at radius 3 is 2.38 bits per heavy atom. The number of urea groups is 1. The standard InChI is InChI=1S/C16H28N2O3/c1-3-16(14(19)20)11-8-12-18(16)15(21)17(4-2)13-9-6-5-7-10-13/h13H,3-12H2,1-2H3,(H,19,20). The Morgan fingerprint density at radius 1 is 1.19 bits per heavy atom. The van der Waals surface area contributed by atoms with Gasteiger partial charge in [0.25, 0.3) is 0 Å². The lowest BCUT2D eigenvalue weighted by molar-refractivity contribution is -0.148. The van der Waals surface area contributed by atoms with Gasteiger partial charge in [-0.3, -0.25) is 0 Å². The molecule has 0 radical (unpaired) electrons. The van der Waals surface area contributed by atoms with Crippen LogP contribution in [-0.2, 0) is 4.79 Å². The third kappa shape index (κ3) is 2.87. The minimum Gasteiger partial charge on any atom is -0.479 e. The number of carboxylic acids is 1. The van der Waals surface area contributed by atoms with Crippen LogP contribution in [0, 0.1) is 0 Å². The summed E-state index contributed by atoms with van der Waals surface area (Å²) in [5.74, 6) is -0.851. The molecular formula is C16H28N2O3. The lowest BCUT2D eigenvalue weighted by atomic mass is 9.92. The minimum absolute atomic E-state index is 0.0637. The maximum Gasteiger partial charge on any atom is 0.329 e. The zero-order chi connectivity index (χ0) is 15.5. The Labute approximate surface area is 127 Å². The van der Waals surface area contributed by atoms with Gasteiger partial charge in [0.2, 0.25) is 0 Å². The van der Waals surface area contributed by atoms with E-state index in [0.717, 1.165) is 19.3 Å². The molecule has 5 heteroatoms. The Bertz CT molecular complexity index is 393. The molecule has 0 aromatic heterocycles. The highest BCUT2D eigenvalue weighted by molar-refractivity contribution is 5.87. The normalized spacial score (nSPS) is 26.9. The molecule has 1 saturated carbocycles. The predicted molar refractivity (Wildman–Crippen MR) is 81.2 cm³/mol. The van der Waals surface area contributed by atoms with Crippen LogP contribution in [0.2, 0.25) is 0 Å². The number of aliphatic carboxylic acids is 1. The molecule has 0 aromatic carbocycles. The van der Waals surface area contributed by atoms with E-state index in [1.807, 2.05) is 18.7 Å². The van der Waals surface area contributed by atoms with E-state index in [2.05, 4.69) is 0 Å². The molecule has 2 aliphatic rings. The van der Waals surface area contributed by atoms with Gasteiger partial charge < -0.3 is 14.9 Å². The summed E-state index contributed by atoms with van der Waals surface area (Å²) in [7, 11) is 0. The van der Waals surface area contributed by atoms with Crippen LogP contribution in [0.25, 0.3) is 0 Å². The molecule has 2 fully saturated rings. The molecule has 1 aliphatic carbocycles. The largest absolute Gasteiger partial charge is 0.479 e. The summed E-state index contributed by atoms with van der Waals surface area (Å²) in [6.45, 7) is 5.11. The van der Waals surface area contributed by atoms with Gasteiger partial charge in [-0.05, 0) is 39.0 Å². The van der Waals surface area contributed by atoms with E-state index in [1.165, 1.54) is 19.3 Å². The van der Waals surface area contributed by atoms with Gasteiger partial charge in [0.15, 0.2) is 0 Å². The van der Waals surface area contributed by atoms with E-state index in [-0.39, 0.29) is 6.03 Å². The number of nitrogens with zero attached hydrogens (tertiary/aromatic N) is 2. The van der Waals surface area contributed by atoms with Gasteiger partial charge in [-0.15, -0.1) is 0 Å². The van der Waals surface area contributed by atoms with Crippen LogP contribution in [0.1, 0.15) is 65.2 Å². The highest BCUT2D eigenvalue weighted by atomic mass is 16.4. The van der Waals surface area contributed by atoms with Gasteiger partial charge in [-0.25, -0.2) is 9.59 Å². The van der Waals surface area contributed by atoms with Crippen molar-refractivity contribution in [2.75, 3.05) is 13.1 Å². The molecule has 1 saturated heterocycles. The number of amides is 2. The number of hydrogen-bond donors (Lipinski definition) is 1. The summed E-state index contributed by atoms with van der Waals surface area (Å²) in [6, 6.07) is 0.228. The SMILES string of the molecule is CCN(C(=O)N1CCCC1(CC)C(=O)O)C1CCCCC1. The molecule has 120 valence electrons. The minimum atomic E-state index is -0.987. The van der Waals surface area contributed by atoms with Crippen LogP contribution in [0.4, 0.5) is 4.79 Å². The van der Waals surface area contributed by atoms with Crippen molar-refractivity contribution in [1.82, 2.24) is 9.80 Å². The van der Waals surface area contributed by atoms with Crippen molar-refractivity contribution in [3.05, 3.63) is 0 Å². The molecule has 21 heavy (non-hydrogen) atoms. The molecule has 0 bridgehead atoms. The van der Waals surface area contributed by atoms with E-state index >= 15 is 0 Å². The van der Waals surface area contributed by atoms with Crippen LogP contribution >= 0.6 is 0 Å². The van der Waals surface area contributed by atoms with E-state index in [4.69, 9.17) is 0 Å². The van der Waals surface area contributed by atoms with Crippen molar-refractivity contribution >= 4 is 12.0 Å². The molecule has 2 rings (SSSR count). The average Bonchev–Trinajstić information content (AvgIpc) is 2.94. The molecule has 0 aromatic rings. The number of rotatable bonds is 4. The van der Waals surface area contributed by atoms with Crippen LogP contribution < -0.4 is 0 Å². The zero-order valence-electron chi connectivity index (χ0n) is 13.3. The average molecular weight is 296 g/mol. The van der Waals surface area contributed by atoms with Crippen LogP contribution in [0.3, 0.4) is 0 Å². The highest BCUT2D eigenvalue weighted by Crippen LogP contribution is 2.35. The maximum atomic E-state index is 12.9. The molecule has 2 amide bonds. The fourth-order valence-electron chi connectivity index (χ4n) is 4.00. The van der Waals surface area contributed by atoms with E-state index in [1.54, 1.807) is 4.90 Å². The highest BCUT2D eigenvalue weighted by Gasteiger charge is 2.50. The van der Waals surface area contributed by atoms with Gasteiger partial charge >= 0.3 is 12.0 Å². The second kappa shape index (κ2) is 6.67. The predicted octanol–water partition coefficient (Wildman–Crippen LogP) is 3.09. The quantitative estimate of drug-likeness (QED) is 0.867. The van der Waals surface area contributed by atoms with Crippen molar-refractivity contribution < 1.29 is 14.7 Å². The second-order valence-electron chi connectivity index (χ2n) is 6.31. The van der Waals surface area contributed by atoms with Crippen LogP contribution in [0.15, 0.2) is 0 Å². The van der Waals surface area contributed by atoms with Crippen molar-refractivity contribution in [2.24, 2.45) is 0 Å². The zero-order valence-corrected chi connectivity index (χ0v) is 13.3. The summed E-state index contributed by atoms with van der Waals surface area (Å²) >= 11 is 0. The number of carbonyl (C=O) groups excluding carboxylic acids is 1. The van der Waals surface area contributed by atoms with Gasteiger partial charge in [-0.2, -0.15) is 0 Å². The summed E-state index contributed by atoms with van der Waals surface area (Å²) in [5.41, 5.74) is -0.987. The Kier molecular flexibility index (Phi) is 5.12. The summed E-state index contributed by atoms with van der Waals surface area (Å²) in [6.07, 6.45) is 7.55. The smallest absolute Gasteiger partial charge is 0.329 e. The Hall–Kier alpha value is -1.26. The first kappa shape index (κ1) is 16.1. The number of carbonyl (C=O) groups is 2. The molecule has 1 N–H and O–H groups in total. The summed E-state index contributed by atoms with van der Waals surface area (Å²) < 4.78 is 0. The van der Waals surface area contributed by atoms with Crippen LogP contribution in [0.5, 0.6) is 0 Å². The van der Waals surface area contributed by atoms with Crippen molar-refractivity contribution in [3.8, 4) is 0 Å². The van der Waals surface area contributed by atoms with Gasteiger partial charge in [0, 0.05) is 19.1 Å². The van der Waals surface area contributed by atoms with E-state index in [9.17, 15) is 14.7 Å². The summed E-state index contributed by atoms with van der Waals surface area (Å²) in [4.78, 5) is 28.2. The third-order valence-corrected chi connectivity index (χ3v) is 5.30. The van der Waals surface area contributed by atoms with Gasteiger partial charge in [-0.1, -0.05) is 26.2 Å². The van der Waals surface area contributed by atoms with E-state index in [0.29, 0.717) is 32.0 Å². The van der Waals surface area contributed by atoms with Crippen molar-refractivity contribution in [2.45, 2.75) is 76.8 Å². The topological polar surface area (TPSA) is 60.9 Å². The fourth-order valence-corrected chi connectivity index (χ4v) is 4.00. The molecular weight excluding hydrogens is 268 g/mol. The van der Waals surface area contributed by atoms with Crippen LogP contribution in [-0.4, -0.2) is 51.6 Å². The first-order valence-electron chi connectivity index (χ1n) is 8.38. The van der Waals surface area contributed by atoms with E-state index < -0.39 is 11.5 Å². The number of likely N-dealkylation sites (tertiary alicyclic amines) is 1. The number of hydrogen-bond acceptors (Lipinski definition) is 2. The molecule has 5 nitrogen and oxygen atoms in total. The Balaban J connectivity index is 2.17. The maximum absolute atomic E-state index is 12.9. The van der Waals surface area contributed by atoms with Gasteiger partial charge in [0.05, 0.1) is 0 Å².